The molecular formula is C27H26N4O2. The molecule has 4 aromatic rings. The molecule has 0 saturated heterocycles. The van der Waals surface area contributed by atoms with E-state index < -0.39 is 11.1 Å². The summed E-state index contributed by atoms with van der Waals surface area (Å²) in [5.74, 6) is 0.422. The first kappa shape index (κ1) is 20.3. The Balaban J connectivity index is 1.43. The van der Waals surface area contributed by atoms with Crippen LogP contribution in [0.4, 0.5) is 0 Å². The number of aryl methyl sites for hydroxylation is 1. The highest BCUT2D eigenvalue weighted by Gasteiger charge is 2.58. The Morgan fingerprint density at radius 1 is 0.909 bits per heavy atom. The smallest absolute Gasteiger partial charge is 0.252 e. The van der Waals surface area contributed by atoms with Gasteiger partial charge in [-0.2, -0.15) is 0 Å². The number of pyridine rings is 1. The van der Waals surface area contributed by atoms with Crippen LogP contribution in [0.2, 0.25) is 0 Å². The molecule has 2 aromatic heterocycles. The Bertz CT molecular complexity index is 1420. The van der Waals surface area contributed by atoms with Crippen LogP contribution in [0, 0.1) is 5.92 Å². The zero-order valence-electron chi connectivity index (χ0n) is 18.5. The van der Waals surface area contributed by atoms with Crippen LogP contribution in [0.15, 0.2) is 71.5 Å². The zero-order chi connectivity index (χ0) is 22.8. The third kappa shape index (κ3) is 3.29. The molecule has 2 heterocycles. The quantitative estimate of drug-likeness (QED) is 0.506. The number of nitrogens with two attached hydrogens (primary N) is 1. The lowest BCUT2D eigenvalue weighted by Crippen LogP contribution is -2.60. The van der Waals surface area contributed by atoms with E-state index in [1.807, 2.05) is 54.6 Å². The molecule has 0 amide bonds. The maximum Gasteiger partial charge on any atom is 0.252 e. The van der Waals surface area contributed by atoms with Crippen molar-refractivity contribution >= 4 is 11.2 Å². The average Bonchev–Trinajstić information content (AvgIpc) is 3.67. The predicted molar refractivity (Wildman–Crippen MR) is 128 cm³/mol. The molecule has 0 spiro atoms. The van der Waals surface area contributed by atoms with E-state index in [4.69, 9.17) is 15.7 Å². The Morgan fingerprint density at radius 3 is 2.21 bits per heavy atom. The van der Waals surface area contributed by atoms with E-state index in [-0.39, 0.29) is 5.56 Å². The first-order valence-corrected chi connectivity index (χ1v) is 11.4. The van der Waals surface area contributed by atoms with Crippen LogP contribution in [-0.4, -0.2) is 25.2 Å². The van der Waals surface area contributed by atoms with Gasteiger partial charge in [0.2, 0.25) is 0 Å². The van der Waals surface area contributed by atoms with Crippen molar-refractivity contribution in [1.29, 1.82) is 0 Å². The van der Waals surface area contributed by atoms with E-state index in [9.17, 15) is 9.90 Å². The SMILES string of the molecule is Cn1c(=O)ccc2nc(-c3ccc([C@]4(N)C[C@@](O)(C5CC5)C4)cc3)c(-c3ccccc3)nc21. The molecule has 2 aromatic carbocycles. The molecule has 2 aliphatic carbocycles. The summed E-state index contributed by atoms with van der Waals surface area (Å²) in [7, 11) is 1.71. The molecule has 33 heavy (non-hydrogen) atoms. The highest BCUT2D eigenvalue weighted by molar-refractivity contribution is 5.84. The van der Waals surface area contributed by atoms with Gasteiger partial charge < -0.3 is 10.8 Å². The van der Waals surface area contributed by atoms with Crippen molar-refractivity contribution < 1.29 is 5.11 Å². The topological polar surface area (TPSA) is 94.0 Å². The van der Waals surface area contributed by atoms with E-state index in [2.05, 4.69) is 0 Å². The molecule has 6 nitrogen and oxygen atoms in total. The van der Waals surface area contributed by atoms with E-state index in [0.717, 1.165) is 40.9 Å². The first-order valence-electron chi connectivity index (χ1n) is 11.4. The second kappa shape index (κ2) is 7.07. The number of hydrogen-bond donors (Lipinski definition) is 2. The van der Waals surface area contributed by atoms with Crippen LogP contribution in [0.1, 0.15) is 31.2 Å². The molecule has 6 heteroatoms. The lowest BCUT2D eigenvalue weighted by molar-refractivity contribution is -0.106. The third-order valence-electron chi connectivity index (χ3n) is 7.30. The van der Waals surface area contributed by atoms with Gasteiger partial charge in [0.15, 0.2) is 5.65 Å². The number of benzene rings is 2. The summed E-state index contributed by atoms with van der Waals surface area (Å²) < 4.78 is 1.53. The number of hydrogen-bond acceptors (Lipinski definition) is 5. The maximum atomic E-state index is 12.2. The van der Waals surface area contributed by atoms with Crippen molar-refractivity contribution in [3.63, 3.8) is 0 Å². The van der Waals surface area contributed by atoms with Crippen molar-refractivity contribution in [3.05, 3.63) is 82.6 Å². The Morgan fingerprint density at radius 2 is 1.55 bits per heavy atom. The van der Waals surface area contributed by atoms with Gasteiger partial charge in [0.05, 0.1) is 17.0 Å². The Labute approximate surface area is 191 Å². The molecule has 0 aliphatic heterocycles. The Kier molecular flexibility index (Phi) is 4.34. The summed E-state index contributed by atoms with van der Waals surface area (Å²) in [5.41, 5.74) is 11.1. The van der Waals surface area contributed by atoms with Gasteiger partial charge in [0, 0.05) is 29.8 Å². The summed E-state index contributed by atoms with van der Waals surface area (Å²) in [5, 5.41) is 10.8. The van der Waals surface area contributed by atoms with Gasteiger partial charge >= 0.3 is 0 Å². The van der Waals surface area contributed by atoms with Gasteiger partial charge in [-0.3, -0.25) is 9.36 Å². The van der Waals surface area contributed by atoms with Crippen LogP contribution in [-0.2, 0) is 12.6 Å². The minimum Gasteiger partial charge on any atom is -0.389 e. The highest BCUT2D eigenvalue weighted by atomic mass is 16.3. The molecule has 0 unspecified atom stereocenters. The minimum absolute atomic E-state index is 0.118. The summed E-state index contributed by atoms with van der Waals surface area (Å²) in [6.45, 7) is 0. The molecule has 6 rings (SSSR count). The second-order valence-electron chi connectivity index (χ2n) is 9.69. The average molecular weight is 439 g/mol. The molecule has 2 saturated carbocycles. The molecule has 3 N–H and O–H groups in total. The van der Waals surface area contributed by atoms with E-state index in [1.165, 1.54) is 10.6 Å². The van der Waals surface area contributed by atoms with Gasteiger partial charge in [0.1, 0.15) is 5.52 Å². The van der Waals surface area contributed by atoms with Gasteiger partial charge in [-0.05, 0) is 43.2 Å². The standard InChI is InChI=1S/C27H26N4O2/c1-31-22(32)14-13-21-25(31)30-24(17-5-3-2-4-6-17)23(29-21)18-7-9-19(10-8-18)26(28)15-27(33,16-26)20-11-12-20/h2-10,13-14,20,33H,11-12,15-16,28H2,1H3/t26-,27-. The number of fused-ring (bicyclic) bond motifs is 1. The Hall–Kier alpha value is -3.35. The van der Waals surface area contributed by atoms with E-state index in [0.29, 0.717) is 29.9 Å². The number of aromatic nitrogens is 3. The van der Waals surface area contributed by atoms with Crippen molar-refractivity contribution in [1.82, 2.24) is 14.5 Å². The third-order valence-corrected chi connectivity index (χ3v) is 7.30. The summed E-state index contributed by atoms with van der Waals surface area (Å²) >= 11 is 0. The maximum absolute atomic E-state index is 12.2. The molecule has 2 fully saturated rings. The summed E-state index contributed by atoms with van der Waals surface area (Å²) in [6, 6.07) is 21.3. The van der Waals surface area contributed by atoms with Crippen molar-refractivity contribution in [3.8, 4) is 22.5 Å². The van der Waals surface area contributed by atoms with Crippen LogP contribution < -0.4 is 11.3 Å². The van der Waals surface area contributed by atoms with Crippen LogP contribution in [0.5, 0.6) is 0 Å². The highest BCUT2D eigenvalue weighted by Crippen LogP contribution is 2.57. The lowest BCUT2D eigenvalue weighted by atomic mass is 9.60. The van der Waals surface area contributed by atoms with Gasteiger partial charge in [-0.1, -0.05) is 54.6 Å². The van der Waals surface area contributed by atoms with Crippen molar-refractivity contribution in [2.75, 3.05) is 0 Å². The van der Waals surface area contributed by atoms with Gasteiger partial charge in [0.25, 0.3) is 5.56 Å². The van der Waals surface area contributed by atoms with Crippen LogP contribution in [0.25, 0.3) is 33.7 Å². The fourth-order valence-corrected chi connectivity index (χ4v) is 5.28. The molecular weight excluding hydrogens is 412 g/mol. The second-order valence-corrected chi connectivity index (χ2v) is 9.69. The fourth-order valence-electron chi connectivity index (χ4n) is 5.28. The summed E-state index contributed by atoms with van der Waals surface area (Å²) in [4.78, 5) is 21.9. The van der Waals surface area contributed by atoms with Crippen molar-refractivity contribution in [2.24, 2.45) is 18.7 Å². The van der Waals surface area contributed by atoms with Crippen LogP contribution >= 0.6 is 0 Å². The number of rotatable bonds is 4. The normalized spacial score (nSPS) is 24.6. The van der Waals surface area contributed by atoms with E-state index in [1.54, 1.807) is 13.1 Å². The van der Waals surface area contributed by atoms with Gasteiger partial charge in [-0.25, -0.2) is 9.97 Å². The monoisotopic (exact) mass is 438 g/mol. The fraction of sp³-hybridized carbons (Fsp3) is 0.296. The molecule has 2 aliphatic rings. The largest absolute Gasteiger partial charge is 0.389 e. The first-order chi connectivity index (χ1) is 15.9. The van der Waals surface area contributed by atoms with E-state index >= 15 is 0 Å². The van der Waals surface area contributed by atoms with Crippen molar-refractivity contribution in [2.45, 2.75) is 36.8 Å². The number of aliphatic hydroxyl groups is 1. The molecule has 0 bridgehead atoms. The lowest BCUT2D eigenvalue weighted by Gasteiger charge is -2.52. The summed E-state index contributed by atoms with van der Waals surface area (Å²) in [6.07, 6.45) is 3.45. The minimum atomic E-state index is -0.590. The number of nitrogens with zero attached hydrogens (tertiary/aromatic N) is 3. The molecule has 0 atom stereocenters. The molecule has 0 radical (unpaired) electrons. The zero-order valence-corrected chi connectivity index (χ0v) is 18.5. The van der Waals surface area contributed by atoms with Gasteiger partial charge in [-0.15, -0.1) is 0 Å². The van der Waals surface area contributed by atoms with Crippen LogP contribution in [0.3, 0.4) is 0 Å². The predicted octanol–water partition coefficient (Wildman–Crippen LogP) is 3.75. The molecule has 166 valence electrons.